The molecule has 1 aliphatic rings. The van der Waals surface area contributed by atoms with Crippen LogP contribution in [0, 0.1) is 0 Å². The Bertz CT molecular complexity index is 627. The van der Waals surface area contributed by atoms with Gasteiger partial charge in [0.2, 0.25) is 0 Å². The number of carbonyl (C=O) groups is 2. The standard InChI is InChI=1S/C16H16F3NO3/c1-11-10-13(21)8-9-20(11)14(22)15(23-2,16(17,18)19)12-6-4-3-5-7-12/h3-9,11H,10H2,1-2H3/t11-,15+/m1/s1. The highest BCUT2D eigenvalue weighted by Gasteiger charge is 2.64. The molecule has 1 heterocycles. The number of hydrogen-bond donors (Lipinski definition) is 0. The summed E-state index contributed by atoms with van der Waals surface area (Å²) in [4.78, 5) is 25.0. The highest BCUT2D eigenvalue weighted by Crippen LogP contribution is 2.44. The Morgan fingerprint density at radius 3 is 2.35 bits per heavy atom. The van der Waals surface area contributed by atoms with Crippen LogP contribution >= 0.6 is 0 Å². The SMILES string of the molecule is CO[C@](C(=O)N1C=CC(=O)C[C@H]1C)(c1ccccc1)C(F)(F)F. The Morgan fingerprint density at radius 2 is 1.87 bits per heavy atom. The maximum absolute atomic E-state index is 13.8. The predicted molar refractivity (Wildman–Crippen MR) is 76.3 cm³/mol. The molecule has 0 aliphatic carbocycles. The van der Waals surface area contributed by atoms with Crippen molar-refractivity contribution in [1.82, 2.24) is 4.90 Å². The van der Waals surface area contributed by atoms with Gasteiger partial charge in [-0.05, 0) is 13.0 Å². The number of hydrogen-bond acceptors (Lipinski definition) is 3. The van der Waals surface area contributed by atoms with Crippen molar-refractivity contribution in [2.45, 2.75) is 31.2 Å². The lowest BCUT2D eigenvalue weighted by Gasteiger charge is -2.39. The second kappa shape index (κ2) is 6.16. The van der Waals surface area contributed by atoms with Gasteiger partial charge in [-0.3, -0.25) is 9.59 Å². The quantitative estimate of drug-likeness (QED) is 0.858. The minimum atomic E-state index is -4.96. The molecule has 2 rings (SSSR count). The van der Waals surface area contributed by atoms with Crippen molar-refractivity contribution < 1.29 is 27.5 Å². The van der Waals surface area contributed by atoms with Gasteiger partial charge in [-0.15, -0.1) is 0 Å². The fourth-order valence-electron chi connectivity index (χ4n) is 2.62. The molecule has 124 valence electrons. The Hall–Kier alpha value is -2.15. The third-order valence-corrected chi connectivity index (χ3v) is 3.81. The van der Waals surface area contributed by atoms with Crippen molar-refractivity contribution in [1.29, 1.82) is 0 Å². The summed E-state index contributed by atoms with van der Waals surface area (Å²) < 4.78 is 46.2. The fourth-order valence-corrected chi connectivity index (χ4v) is 2.62. The molecule has 0 bridgehead atoms. The van der Waals surface area contributed by atoms with Gasteiger partial charge in [0.25, 0.3) is 11.5 Å². The van der Waals surface area contributed by atoms with E-state index in [2.05, 4.69) is 0 Å². The average Bonchev–Trinajstić information content (AvgIpc) is 2.48. The summed E-state index contributed by atoms with van der Waals surface area (Å²) in [6, 6.07) is 6.06. The normalized spacial score (nSPS) is 21.2. The van der Waals surface area contributed by atoms with Gasteiger partial charge in [0.05, 0.1) is 0 Å². The van der Waals surface area contributed by atoms with Crippen molar-refractivity contribution >= 4 is 11.7 Å². The first-order valence-corrected chi connectivity index (χ1v) is 6.95. The number of allylic oxidation sites excluding steroid dienone is 1. The van der Waals surface area contributed by atoms with Crippen LogP contribution < -0.4 is 0 Å². The maximum Gasteiger partial charge on any atom is 0.430 e. The first kappa shape index (κ1) is 17.2. The van der Waals surface area contributed by atoms with Crippen molar-refractivity contribution in [3.63, 3.8) is 0 Å². The van der Waals surface area contributed by atoms with Gasteiger partial charge in [0.1, 0.15) is 0 Å². The number of methoxy groups -OCH3 is 1. The Kier molecular flexibility index (Phi) is 4.61. The van der Waals surface area contributed by atoms with Crippen LogP contribution in [0.2, 0.25) is 0 Å². The van der Waals surface area contributed by atoms with Crippen LogP contribution in [-0.4, -0.2) is 35.9 Å². The van der Waals surface area contributed by atoms with E-state index in [0.29, 0.717) is 0 Å². The average molecular weight is 327 g/mol. The van der Waals surface area contributed by atoms with E-state index in [-0.39, 0.29) is 17.8 Å². The van der Waals surface area contributed by atoms with E-state index in [9.17, 15) is 22.8 Å². The number of ether oxygens (including phenoxy) is 1. The van der Waals surface area contributed by atoms with E-state index in [0.717, 1.165) is 24.3 Å². The zero-order valence-electron chi connectivity index (χ0n) is 12.6. The number of nitrogens with zero attached hydrogens (tertiary/aromatic N) is 1. The molecule has 1 amide bonds. The zero-order chi connectivity index (χ0) is 17.3. The molecule has 0 saturated carbocycles. The molecule has 1 aromatic carbocycles. The lowest BCUT2D eigenvalue weighted by molar-refractivity contribution is -0.270. The first-order valence-electron chi connectivity index (χ1n) is 6.95. The number of rotatable bonds is 3. The van der Waals surface area contributed by atoms with Gasteiger partial charge < -0.3 is 9.64 Å². The predicted octanol–water partition coefficient (Wildman–Crippen LogP) is 2.79. The summed E-state index contributed by atoms with van der Waals surface area (Å²) in [6.07, 6.45) is -2.81. The lowest BCUT2D eigenvalue weighted by atomic mass is 9.89. The number of ketones is 1. The molecule has 7 heteroatoms. The molecule has 0 radical (unpaired) electrons. The molecule has 0 unspecified atom stereocenters. The van der Waals surface area contributed by atoms with E-state index >= 15 is 0 Å². The molecule has 0 spiro atoms. The molecular formula is C16H16F3NO3. The lowest BCUT2D eigenvalue weighted by Crippen LogP contribution is -2.57. The summed E-state index contributed by atoms with van der Waals surface area (Å²) in [7, 11) is 0.849. The van der Waals surface area contributed by atoms with Gasteiger partial charge in [0, 0.05) is 31.3 Å². The van der Waals surface area contributed by atoms with Gasteiger partial charge in [-0.2, -0.15) is 13.2 Å². The number of halogens is 3. The van der Waals surface area contributed by atoms with Crippen molar-refractivity contribution in [2.24, 2.45) is 0 Å². The summed E-state index contributed by atoms with van der Waals surface area (Å²) in [5, 5.41) is 0. The number of amides is 1. The van der Waals surface area contributed by atoms with E-state index in [1.807, 2.05) is 0 Å². The summed E-state index contributed by atoms with van der Waals surface area (Å²) in [6.45, 7) is 1.51. The molecular weight excluding hydrogens is 311 g/mol. The number of alkyl halides is 3. The molecule has 1 aliphatic heterocycles. The van der Waals surface area contributed by atoms with Crippen LogP contribution in [0.15, 0.2) is 42.6 Å². The molecule has 23 heavy (non-hydrogen) atoms. The van der Waals surface area contributed by atoms with Gasteiger partial charge in [-0.1, -0.05) is 30.3 Å². The number of carbonyl (C=O) groups excluding carboxylic acids is 2. The summed E-state index contributed by atoms with van der Waals surface area (Å²) in [5.41, 5.74) is -3.43. The molecule has 0 fully saturated rings. The van der Waals surface area contributed by atoms with E-state index < -0.39 is 23.7 Å². The smallest absolute Gasteiger partial charge is 0.356 e. The second-order valence-electron chi connectivity index (χ2n) is 5.30. The van der Waals surface area contributed by atoms with Crippen molar-refractivity contribution in [2.75, 3.05) is 7.11 Å². The largest absolute Gasteiger partial charge is 0.430 e. The van der Waals surface area contributed by atoms with Gasteiger partial charge >= 0.3 is 6.18 Å². The fraction of sp³-hybridized carbons (Fsp3) is 0.375. The van der Waals surface area contributed by atoms with E-state index in [4.69, 9.17) is 4.74 Å². The molecule has 0 aromatic heterocycles. The minimum Gasteiger partial charge on any atom is -0.356 e. The highest BCUT2D eigenvalue weighted by molar-refractivity contribution is 5.95. The monoisotopic (exact) mass is 327 g/mol. The van der Waals surface area contributed by atoms with Crippen LogP contribution in [0.5, 0.6) is 0 Å². The van der Waals surface area contributed by atoms with Crippen LogP contribution in [0.1, 0.15) is 18.9 Å². The Balaban J connectivity index is 2.57. The third-order valence-electron chi connectivity index (χ3n) is 3.81. The second-order valence-corrected chi connectivity index (χ2v) is 5.30. The van der Waals surface area contributed by atoms with Crippen LogP contribution in [0.4, 0.5) is 13.2 Å². The molecule has 1 aromatic rings. The molecule has 0 saturated heterocycles. The van der Waals surface area contributed by atoms with Crippen molar-refractivity contribution in [3.8, 4) is 0 Å². The van der Waals surface area contributed by atoms with Crippen LogP contribution in [-0.2, 0) is 19.9 Å². The van der Waals surface area contributed by atoms with E-state index in [1.54, 1.807) is 6.07 Å². The highest BCUT2D eigenvalue weighted by atomic mass is 19.4. The Morgan fingerprint density at radius 1 is 1.26 bits per heavy atom. The van der Waals surface area contributed by atoms with Gasteiger partial charge in [-0.25, -0.2) is 0 Å². The Labute approximate surface area is 131 Å². The maximum atomic E-state index is 13.8. The number of benzene rings is 1. The summed E-state index contributed by atoms with van der Waals surface area (Å²) in [5.74, 6) is -1.51. The summed E-state index contributed by atoms with van der Waals surface area (Å²) >= 11 is 0. The topological polar surface area (TPSA) is 46.6 Å². The van der Waals surface area contributed by atoms with Crippen molar-refractivity contribution in [3.05, 3.63) is 48.2 Å². The molecule has 2 atom stereocenters. The van der Waals surface area contributed by atoms with Gasteiger partial charge in [0.15, 0.2) is 5.78 Å². The third kappa shape index (κ3) is 2.88. The zero-order valence-corrected chi connectivity index (χ0v) is 12.6. The first-order chi connectivity index (χ1) is 10.7. The molecule has 0 N–H and O–H groups in total. The van der Waals surface area contributed by atoms with E-state index in [1.165, 1.54) is 31.2 Å². The van der Waals surface area contributed by atoms with Crippen LogP contribution in [0.25, 0.3) is 0 Å². The molecule has 4 nitrogen and oxygen atoms in total. The minimum absolute atomic E-state index is 0.0331. The van der Waals surface area contributed by atoms with Crippen LogP contribution in [0.3, 0.4) is 0 Å².